The van der Waals surface area contributed by atoms with E-state index in [1.54, 1.807) is 20.8 Å². The highest BCUT2D eigenvalue weighted by Crippen LogP contribution is 1.65. The Labute approximate surface area is 67.5 Å². The first-order chi connectivity index (χ1) is 4.88. The largest absolute Gasteiger partial charge is 0.481 e. The summed E-state index contributed by atoms with van der Waals surface area (Å²) in [6.07, 6.45) is -0.167. The molecule has 11 heavy (non-hydrogen) atoms. The maximum Gasteiger partial charge on any atom is 0.300 e. The topological polar surface area (TPSA) is 77.8 Å². The van der Waals surface area contributed by atoms with Crippen molar-refractivity contribution < 1.29 is 20.1 Å². The molecule has 0 unspecified atom stereocenters. The van der Waals surface area contributed by atoms with E-state index in [0.717, 1.165) is 6.92 Å². The normalized spacial score (nSPS) is 7.18. The summed E-state index contributed by atoms with van der Waals surface area (Å²) in [5.41, 5.74) is 0. The van der Waals surface area contributed by atoms with E-state index in [-0.39, 0.29) is 12.7 Å². The van der Waals surface area contributed by atoms with Gasteiger partial charge in [0.25, 0.3) is 5.97 Å². The lowest BCUT2D eigenvalue weighted by molar-refractivity contribution is -0.134. The Morgan fingerprint density at radius 1 is 1.45 bits per heavy atom. The molecule has 4 heteroatoms. The molecule has 3 N–H and O–H groups in total. The molecule has 0 aromatic rings. The van der Waals surface area contributed by atoms with Crippen LogP contribution < -0.4 is 0 Å². The number of rotatable bonds is 0. The minimum atomic E-state index is -0.833. The minimum absolute atomic E-state index is 0.167. The molecule has 70 valence electrons. The molecule has 0 aliphatic rings. The van der Waals surface area contributed by atoms with Crippen LogP contribution >= 0.6 is 0 Å². The zero-order chi connectivity index (χ0) is 9.86. The van der Waals surface area contributed by atoms with Crippen LogP contribution in [0.1, 0.15) is 27.7 Å². The van der Waals surface area contributed by atoms with Gasteiger partial charge < -0.3 is 15.3 Å². The summed E-state index contributed by atoms with van der Waals surface area (Å²) in [6.45, 7) is 6.46. The molecule has 0 atom stereocenters. The zero-order valence-electron chi connectivity index (χ0n) is 7.53. The summed E-state index contributed by atoms with van der Waals surface area (Å²) in [7, 11) is 0. The summed E-state index contributed by atoms with van der Waals surface area (Å²) in [5.74, 6) is -0.833. The van der Waals surface area contributed by atoms with Crippen molar-refractivity contribution in [2.45, 2.75) is 33.8 Å². The fraction of sp³-hybridized carbons (Fsp3) is 0.857. The van der Waals surface area contributed by atoms with Gasteiger partial charge in [0, 0.05) is 19.6 Å². The summed E-state index contributed by atoms with van der Waals surface area (Å²) >= 11 is 0. The standard InChI is InChI=1S/C3H8O.C2H4O2.C2H6O/c1-3(2)4;1-2(3)4;1-2-3/h3-4H,1-2H3;1H3,(H,3,4);3H,2H2,1H3. The van der Waals surface area contributed by atoms with Gasteiger partial charge in [0.15, 0.2) is 0 Å². The van der Waals surface area contributed by atoms with E-state index in [9.17, 15) is 0 Å². The highest BCUT2D eigenvalue weighted by atomic mass is 16.4. The van der Waals surface area contributed by atoms with E-state index in [4.69, 9.17) is 20.1 Å². The number of carboxylic acid groups (broad SMARTS) is 1. The Morgan fingerprint density at radius 2 is 1.45 bits per heavy atom. The average molecular weight is 166 g/mol. The second-order valence-corrected chi connectivity index (χ2v) is 1.93. The Kier molecular flexibility index (Phi) is 24.7. The number of aliphatic hydroxyl groups excluding tert-OH is 2. The second-order valence-electron chi connectivity index (χ2n) is 1.93. The molecule has 0 fully saturated rings. The van der Waals surface area contributed by atoms with Crippen molar-refractivity contribution in [1.82, 2.24) is 0 Å². The van der Waals surface area contributed by atoms with Gasteiger partial charge in [0.05, 0.1) is 0 Å². The highest BCUT2D eigenvalue weighted by Gasteiger charge is 1.69. The maximum absolute atomic E-state index is 9.00. The summed E-state index contributed by atoms with van der Waals surface area (Å²) in [5, 5.41) is 23.0. The Morgan fingerprint density at radius 3 is 1.45 bits per heavy atom. The Bertz CT molecular complexity index is 64.1. The van der Waals surface area contributed by atoms with Gasteiger partial charge in [-0.15, -0.1) is 0 Å². The maximum atomic E-state index is 9.00. The fourth-order valence-corrected chi connectivity index (χ4v) is 0. The van der Waals surface area contributed by atoms with Crippen molar-refractivity contribution in [1.29, 1.82) is 0 Å². The van der Waals surface area contributed by atoms with Crippen LogP contribution in [0.5, 0.6) is 0 Å². The SMILES string of the molecule is CC(=O)O.CC(C)O.CCO. The quantitative estimate of drug-likeness (QED) is 0.489. The van der Waals surface area contributed by atoms with Crippen LogP contribution in [0.25, 0.3) is 0 Å². The van der Waals surface area contributed by atoms with Gasteiger partial charge in [-0.2, -0.15) is 0 Å². The Balaban J connectivity index is -0.0000000886. The molecule has 0 amide bonds. The van der Waals surface area contributed by atoms with Gasteiger partial charge in [-0.25, -0.2) is 0 Å². The summed E-state index contributed by atoms with van der Waals surface area (Å²) < 4.78 is 0. The van der Waals surface area contributed by atoms with Crippen molar-refractivity contribution >= 4 is 5.97 Å². The molecule has 0 bridgehead atoms. The average Bonchev–Trinajstić information content (AvgIpc) is 1.60. The third kappa shape index (κ3) is 1380. The minimum Gasteiger partial charge on any atom is -0.481 e. The summed E-state index contributed by atoms with van der Waals surface area (Å²) in [4.78, 5) is 9.00. The predicted molar refractivity (Wildman–Crippen MR) is 43.4 cm³/mol. The molecular formula is C7H18O4. The lowest BCUT2D eigenvalue weighted by atomic mass is 10.5. The lowest BCUT2D eigenvalue weighted by Crippen LogP contribution is -1.85. The molecule has 0 spiro atoms. The highest BCUT2D eigenvalue weighted by molar-refractivity contribution is 5.62. The van der Waals surface area contributed by atoms with Crippen molar-refractivity contribution in [3.63, 3.8) is 0 Å². The van der Waals surface area contributed by atoms with Gasteiger partial charge in [-0.05, 0) is 20.8 Å². The molecule has 0 rings (SSSR count). The third-order valence-corrected chi connectivity index (χ3v) is 0. The van der Waals surface area contributed by atoms with Crippen LogP contribution in [0, 0.1) is 0 Å². The van der Waals surface area contributed by atoms with Gasteiger partial charge in [-0.1, -0.05) is 0 Å². The van der Waals surface area contributed by atoms with Gasteiger partial charge >= 0.3 is 0 Å². The molecule has 0 aliphatic carbocycles. The van der Waals surface area contributed by atoms with E-state index in [1.807, 2.05) is 0 Å². The molecule has 0 aromatic heterocycles. The molecular weight excluding hydrogens is 148 g/mol. The van der Waals surface area contributed by atoms with Gasteiger partial charge in [-0.3, -0.25) is 4.79 Å². The molecule has 4 nitrogen and oxygen atoms in total. The van der Waals surface area contributed by atoms with E-state index in [0.29, 0.717) is 0 Å². The number of hydrogen-bond acceptors (Lipinski definition) is 3. The number of carbonyl (C=O) groups is 1. The van der Waals surface area contributed by atoms with Crippen molar-refractivity contribution in [3.8, 4) is 0 Å². The monoisotopic (exact) mass is 166 g/mol. The van der Waals surface area contributed by atoms with E-state index in [1.165, 1.54) is 0 Å². The zero-order valence-corrected chi connectivity index (χ0v) is 7.53. The Hall–Kier alpha value is -0.610. The van der Waals surface area contributed by atoms with Crippen LogP contribution in [0.3, 0.4) is 0 Å². The third-order valence-electron chi connectivity index (χ3n) is 0. The predicted octanol–water partition coefficient (Wildman–Crippen LogP) is 0.477. The molecule has 0 saturated carbocycles. The van der Waals surface area contributed by atoms with Crippen LogP contribution in [0.4, 0.5) is 0 Å². The van der Waals surface area contributed by atoms with Crippen LogP contribution in [0.15, 0.2) is 0 Å². The summed E-state index contributed by atoms with van der Waals surface area (Å²) in [6, 6.07) is 0. The molecule has 0 aliphatic heterocycles. The second kappa shape index (κ2) is 16.2. The first kappa shape index (κ1) is 16.8. The first-order valence-electron chi connectivity index (χ1n) is 3.36. The molecule has 0 saturated heterocycles. The van der Waals surface area contributed by atoms with E-state index >= 15 is 0 Å². The smallest absolute Gasteiger partial charge is 0.300 e. The van der Waals surface area contributed by atoms with Crippen LogP contribution in [-0.2, 0) is 4.79 Å². The van der Waals surface area contributed by atoms with Crippen LogP contribution in [0.2, 0.25) is 0 Å². The van der Waals surface area contributed by atoms with Crippen molar-refractivity contribution in [2.75, 3.05) is 6.61 Å². The number of aliphatic hydroxyl groups is 2. The number of carboxylic acids is 1. The van der Waals surface area contributed by atoms with Gasteiger partial charge in [0.2, 0.25) is 0 Å². The van der Waals surface area contributed by atoms with Crippen molar-refractivity contribution in [3.05, 3.63) is 0 Å². The molecule has 0 aromatic carbocycles. The van der Waals surface area contributed by atoms with Gasteiger partial charge in [0.1, 0.15) is 0 Å². The number of hydrogen-bond donors (Lipinski definition) is 3. The van der Waals surface area contributed by atoms with Crippen molar-refractivity contribution in [2.24, 2.45) is 0 Å². The first-order valence-corrected chi connectivity index (χ1v) is 3.36. The molecule has 0 radical (unpaired) electrons. The lowest BCUT2D eigenvalue weighted by Gasteiger charge is -1.80. The van der Waals surface area contributed by atoms with E-state index in [2.05, 4.69) is 0 Å². The fourth-order valence-electron chi connectivity index (χ4n) is 0. The van der Waals surface area contributed by atoms with Crippen LogP contribution in [-0.4, -0.2) is 34.0 Å². The molecule has 0 heterocycles. The van der Waals surface area contributed by atoms with E-state index < -0.39 is 5.97 Å². The number of aliphatic carboxylic acids is 1.